The van der Waals surface area contributed by atoms with Crippen LogP contribution in [-0.4, -0.2) is 65.5 Å². The Kier molecular flexibility index (Phi) is 13.9. The number of fused-ring (bicyclic) bond motifs is 8. The van der Waals surface area contributed by atoms with E-state index in [2.05, 4.69) is 153 Å². The topological polar surface area (TPSA) is 128 Å². The average molecular weight is 899 g/mol. The second kappa shape index (κ2) is 17.3. The third kappa shape index (κ3) is 12.9. The van der Waals surface area contributed by atoms with Gasteiger partial charge in [-0.05, 0) is 202 Å². The molecule has 58 heavy (non-hydrogen) atoms. The molecular formula is C42H68N4O6P2Si4. The van der Waals surface area contributed by atoms with Gasteiger partial charge in [-0.25, -0.2) is 9.97 Å². The van der Waals surface area contributed by atoms with Crippen LogP contribution in [0.3, 0.4) is 0 Å². The van der Waals surface area contributed by atoms with Crippen LogP contribution in [0.25, 0.3) is 44.4 Å². The quantitative estimate of drug-likeness (QED) is 0.107. The summed E-state index contributed by atoms with van der Waals surface area (Å²) in [6, 6.07) is 12.8. The van der Waals surface area contributed by atoms with Crippen molar-refractivity contribution in [2.24, 2.45) is 0 Å². The van der Waals surface area contributed by atoms with Gasteiger partial charge in [-0.15, -0.1) is 0 Å². The smallest absolute Gasteiger partial charge is 0.311 e. The lowest BCUT2D eigenvalue weighted by atomic mass is 9.99. The van der Waals surface area contributed by atoms with Crippen molar-refractivity contribution in [2.45, 2.75) is 132 Å². The van der Waals surface area contributed by atoms with E-state index in [0.29, 0.717) is 38.0 Å². The Hall–Kier alpha value is -2.23. The molecule has 0 aromatic carbocycles. The molecule has 0 radical (unpaired) electrons. The zero-order chi connectivity index (χ0) is 43.2. The van der Waals surface area contributed by atoms with Gasteiger partial charge in [0.25, 0.3) is 0 Å². The minimum absolute atomic E-state index is 0.341. The lowest BCUT2D eigenvalue weighted by molar-refractivity contribution is 0.379. The summed E-state index contributed by atoms with van der Waals surface area (Å²) < 4.78 is 53.8. The molecule has 0 spiro atoms. The number of H-pyrrole nitrogens is 2. The van der Waals surface area contributed by atoms with E-state index in [-0.39, 0.29) is 0 Å². The van der Waals surface area contributed by atoms with Crippen LogP contribution in [0.15, 0.2) is 36.4 Å². The Labute approximate surface area is 351 Å². The van der Waals surface area contributed by atoms with Gasteiger partial charge in [-0.2, -0.15) is 0 Å². The number of allylic oxidation sites excluding steroid dienone is 4. The van der Waals surface area contributed by atoms with Crippen molar-refractivity contribution in [3.8, 4) is 0 Å². The van der Waals surface area contributed by atoms with Gasteiger partial charge in [0, 0.05) is 34.4 Å². The lowest BCUT2D eigenvalue weighted by Crippen LogP contribution is -2.30. The molecule has 0 unspecified atom stereocenters. The monoisotopic (exact) mass is 898 g/mol. The van der Waals surface area contributed by atoms with Gasteiger partial charge in [-0.3, -0.25) is 9.13 Å². The van der Waals surface area contributed by atoms with E-state index in [1.807, 2.05) is 0 Å². The molecule has 16 heteroatoms. The Morgan fingerprint density at radius 3 is 1.21 bits per heavy atom. The fourth-order valence-corrected chi connectivity index (χ4v) is 24.3. The average Bonchev–Trinajstić information content (AvgIpc) is 3.70. The molecule has 3 aromatic rings. The molecule has 2 aliphatic heterocycles. The van der Waals surface area contributed by atoms with Gasteiger partial charge in [0.2, 0.25) is 0 Å². The van der Waals surface area contributed by atoms with Gasteiger partial charge in [0.15, 0.2) is 33.3 Å². The maximum atomic E-state index is 14.3. The number of hydrogen-bond donors (Lipinski definition) is 2. The molecule has 0 amide bonds. The van der Waals surface area contributed by atoms with E-state index >= 15 is 0 Å². The molecular weight excluding hydrogens is 831 g/mol. The van der Waals surface area contributed by atoms with E-state index in [9.17, 15) is 9.13 Å². The molecule has 318 valence electrons. The second-order valence-electron chi connectivity index (χ2n) is 19.9. The summed E-state index contributed by atoms with van der Waals surface area (Å²) in [5, 5.41) is 0. The number of aromatic amines is 2. The van der Waals surface area contributed by atoms with Crippen molar-refractivity contribution in [1.82, 2.24) is 19.9 Å². The second-order valence-corrected chi connectivity index (χ2v) is 43.0. The molecule has 3 aromatic heterocycles. The first kappa shape index (κ1) is 46.8. The van der Waals surface area contributed by atoms with Crippen LogP contribution in [0.1, 0.15) is 73.4 Å². The number of hydrogen-bond acceptors (Lipinski definition) is 8. The summed E-state index contributed by atoms with van der Waals surface area (Å²) in [5.41, 5.74) is 14.1. The van der Waals surface area contributed by atoms with Crippen LogP contribution in [0, 0.1) is 13.8 Å². The normalized spacial score (nSPS) is 14.9. The Morgan fingerprint density at radius 2 is 0.828 bits per heavy atom. The van der Waals surface area contributed by atoms with Crippen LogP contribution in [-0.2, 0) is 26.0 Å². The number of nitrogens with one attached hydrogen (secondary N) is 2. The van der Waals surface area contributed by atoms with Crippen LogP contribution in [0.2, 0.25) is 78.6 Å². The van der Waals surface area contributed by atoms with E-state index in [1.165, 1.54) is 0 Å². The predicted octanol–water partition coefficient (Wildman–Crippen LogP) is 14.1. The molecule has 0 saturated heterocycles. The largest absolute Gasteiger partial charge is 0.355 e. The van der Waals surface area contributed by atoms with Crippen molar-refractivity contribution in [3.63, 3.8) is 0 Å². The summed E-state index contributed by atoms with van der Waals surface area (Å²) >= 11 is 0. The standard InChI is InChI=1S/C42H68N4O6P2Si4/c1-29-23-34-26-39-31(3)35(19-17-21-53(47,49-55(5,6)7)50-56(8,9)10)41(45-39)28-42-36(20-18-22-54(48,51-57(11,12)13)52-58(14,15)16)32(4)40(46-42)27-38-30(2)24-33(44-38)25-37(29)43-34/h23-28,43-44H,17-22H2,1-16H3. The highest BCUT2D eigenvalue weighted by Gasteiger charge is 2.38. The molecule has 2 N–H and O–H groups in total. The SMILES string of the molecule is CC1=C(CCCP(=O)(O[Si](C)(C)C)O[Si](C)(C)C)c2cc3nc(cc4[nH]c(cc4C)cc4[nH]c(cc1n2)cc4C)C(C)=C3CCCP(=O)(O[Si](C)(C)C)O[Si](C)(C)C. The Balaban J connectivity index is 1.63. The van der Waals surface area contributed by atoms with Gasteiger partial charge in [0.05, 0.1) is 22.8 Å². The van der Waals surface area contributed by atoms with E-state index in [1.54, 1.807) is 0 Å². The molecule has 0 saturated carbocycles. The van der Waals surface area contributed by atoms with Crippen LogP contribution in [0.4, 0.5) is 0 Å². The molecule has 0 atom stereocenters. The van der Waals surface area contributed by atoms with Gasteiger partial charge < -0.3 is 26.8 Å². The summed E-state index contributed by atoms with van der Waals surface area (Å²) in [6.45, 7) is 33.2. The van der Waals surface area contributed by atoms with Crippen molar-refractivity contribution in [1.29, 1.82) is 0 Å². The fourth-order valence-electron chi connectivity index (χ4n) is 7.42. The van der Waals surface area contributed by atoms with Crippen molar-refractivity contribution in [2.75, 3.05) is 12.3 Å². The molecule has 8 bridgehead atoms. The molecule has 0 aliphatic carbocycles. The van der Waals surface area contributed by atoms with Crippen molar-refractivity contribution < 1.29 is 26.0 Å². The molecule has 5 heterocycles. The van der Waals surface area contributed by atoms with Crippen LogP contribution < -0.4 is 0 Å². The highest BCUT2D eigenvalue weighted by Crippen LogP contribution is 2.55. The zero-order valence-electron chi connectivity index (χ0n) is 37.9. The van der Waals surface area contributed by atoms with Crippen molar-refractivity contribution in [3.05, 3.63) is 70.3 Å². The summed E-state index contributed by atoms with van der Waals surface area (Å²) in [4.78, 5) is 17.8. The van der Waals surface area contributed by atoms with E-state index in [4.69, 9.17) is 26.8 Å². The lowest BCUT2D eigenvalue weighted by Gasteiger charge is -2.31. The Bertz CT molecular complexity index is 2340. The summed E-state index contributed by atoms with van der Waals surface area (Å²) in [6.07, 6.45) is 3.23. The molecule has 5 rings (SSSR count). The van der Waals surface area contributed by atoms with Gasteiger partial charge in [0.1, 0.15) is 0 Å². The number of rotatable bonds is 16. The Morgan fingerprint density at radius 1 is 0.483 bits per heavy atom. The van der Waals surface area contributed by atoms with E-state index in [0.717, 1.165) is 78.3 Å². The first-order valence-electron chi connectivity index (χ1n) is 20.6. The van der Waals surface area contributed by atoms with Gasteiger partial charge >= 0.3 is 15.2 Å². The van der Waals surface area contributed by atoms with Gasteiger partial charge in [-0.1, -0.05) is 0 Å². The first-order chi connectivity index (χ1) is 26.5. The molecule has 10 nitrogen and oxygen atoms in total. The maximum Gasteiger partial charge on any atom is 0.311 e. The highest BCUT2D eigenvalue weighted by atomic mass is 31.2. The number of nitrogens with zero attached hydrogens (tertiary/aromatic N) is 2. The van der Waals surface area contributed by atoms with E-state index < -0.39 is 48.5 Å². The first-order valence-corrected chi connectivity index (χ1v) is 37.7. The highest BCUT2D eigenvalue weighted by molar-refractivity contribution is 7.57. The summed E-state index contributed by atoms with van der Waals surface area (Å²) in [5.74, 6) is 0. The summed E-state index contributed by atoms with van der Waals surface area (Å²) in [7, 11) is -15.3. The predicted molar refractivity (Wildman–Crippen MR) is 257 cm³/mol. The minimum Gasteiger partial charge on any atom is -0.355 e. The third-order valence-electron chi connectivity index (χ3n) is 9.44. The van der Waals surface area contributed by atoms with Crippen LogP contribution >= 0.6 is 15.2 Å². The minimum atomic E-state index is -3.32. The maximum absolute atomic E-state index is 14.3. The number of aryl methyl sites for hydroxylation is 2. The van der Waals surface area contributed by atoms with Crippen LogP contribution in [0.5, 0.6) is 0 Å². The zero-order valence-corrected chi connectivity index (χ0v) is 43.7. The van der Waals surface area contributed by atoms with Crippen molar-refractivity contribution >= 4 is 92.8 Å². The number of aromatic nitrogens is 4. The molecule has 2 aliphatic rings. The third-order valence-corrected chi connectivity index (χ3v) is 24.4. The molecule has 0 fully saturated rings. The fraction of sp³-hybridized carbons (Fsp3) is 0.524.